The number of H-pyrrole nitrogens is 2. The molecule has 1 atom stereocenters. The summed E-state index contributed by atoms with van der Waals surface area (Å²) >= 11 is 0. The van der Waals surface area contributed by atoms with Gasteiger partial charge in [0.1, 0.15) is 0 Å². The standard InChI is InChI=1S/C7H11N3O4/c1-2-4(11)3-10-6(13)8-5(12)9-7(10)14/h4,11H,2-3H2,1H3,(H2,8,9,12,13,14). The van der Waals surface area contributed by atoms with Crippen molar-refractivity contribution in [3.8, 4) is 0 Å². The summed E-state index contributed by atoms with van der Waals surface area (Å²) in [6.45, 7) is 1.59. The van der Waals surface area contributed by atoms with Gasteiger partial charge in [-0.05, 0) is 6.42 Å². The first-order valence-corrected chi connectivity index (χ1v) is 4.16. The normalized spacial score (nSPS) is 12.7. The van der Waals surface area contributed by atoms with Gasteiger partial charge in [-0.25, -0.2) is 19.0 Å². The van der Waals surface area contributed by atoms with E-state index in [1.165, 1.54) is 0 Å². The highest BCUT2D eigenvalue weighted by Gasteiger charge is 2.07. The second kappa shape index (κ2) is 4.05. The number of aromatic amines is 2. The number of rotatable bonds is 3. The minimum absolute atomic E-state index is 0.124. The molecular formula is C7H11N3O4. The monoisotopic (exact) mass is 201 g/mol. The van der Waals surface area contributed by atoms with Crippen molar-refractivity contribution in [1.82, 2.24) is 14.5 Å². The van der Waals surface area contributed by atoms with Crippen LogP contribution >= 0.6 is 0 Å². The zero-order valence-electron chi connectivity index (χ0n) is 7.61. The van der Waals surface area contributed by atoms with Gasteiger partial charge in [0.25, 0.3) is 0 Å². The van der Waals surface area contributed by atoms with Crippen molar-refractivity contribution < 1.29 is 5.11 Å². The van der Waals surface area contributed by atoms with Crippen molar-refractivity contribution in [2.24, 2.45) is 0 Å². The van der Waals surface area contributed by atoms with Crippen LogP contribution in [0.4, 0.5) is 0 Å². The van der Waals surface area contributed by atoms with Crippen molar-refractivity contribution in [2.45, 2.75) is 26.0 Å². The van der Waals surface area contributed by atoms with Crippen LogP contribution in [0.1, 0.15) is 13.3 Å². The quantitative estimate of drug-likeness (QED) is 0.525. The van der Waals surface area contributed by atoms with Crippen LogP contribution in [0.2, 0.25) is 0 Å². The lowest BCUT2D eigenvalue weighted by atomic mass is 10.3. The molecule has 1 rings (SSSR count). The fourth-order valence-corrected chi connectivity index (χ4v) is 0.958. The summed E-state index contributed by atoms with van der Waals surface area (Å²) in [5.41, 5.74) is -2.47. The smallest absolute Gasteiger partial charge is 0.333 e. The van der Waals surface area contributed by atoms with Gasteiger partial charge in [-0.3, -0.25) is 9.97 Å². The van der Waals surface area contributed by atoms with Crippen LogP contribution in [0.5, 0.6) is 0 Å². The van der Waals surface area contributed by atoms with Crippen molar-refractivity contribution in [3.63, 3.8) is 0 Å². The molecule has 14 heavy (non-hydrogen) atoms. The fraction of sp³-hybridized carbons (Fsp3) is 0.571. The van der Waals surface area contributed by atoms with Gasteiger partial charge in [0.05, 0.1) is 12.6 Å². The van der Waals surface area contributed by atoms with Gasteiger partial charge in [-0.2, -0.15) is 0 Å². The first-order chi connectivity index (χ1) is 6.54. The molecule has 7 heteroatoms. The molecule has 7 nitrogen and oxygen atoms in total. The number of nitrogens with one attached hydrogen (secondary N) is 2. The molecule has 1 aromatic heterocycles. The Labute approximate surface area is 78.0 Å². The van der Waals surface area contributed by atoms with E-state index in [4.69, 9.17) is 0 Å². The maximum absolute atomic E-state index is 11.1. The third-order valence-corrected chi connectivity index (χ3v) is 1.80. The summed E-state index contributed by atoms with van der Waals surface area (Å²) < 4.78 is 0.746. The second-order valence-electron chi connectivity index (χ2n) is 2.86. The van der Waals surface area contributed by atoms with E-state index in [-0.39, 0.29) is 6.54 Å². The van der Waals surface area contributed by atoms with Crippen LogP contribution in [0.3, 0.4) is 0 Å². The Balaban J connectivity index is 3.16. The molecule has 0 aliphatic carbocycles. The summed E-state index contributed by atoms with van der Waals surface area (Å²) in [6, 6.07) is 0. The van der Waals surface area contributed by atoms with Crippen molar-refractivity contribution >= 4 is 0 Å². The molecule has 0 bridgehead atoms. The van der Waals surface area contributed by atoms with Gasteiger partial charge in [-0.15, -0.1) is 0 Å². The van der Waals surface area contributed by atoms with Gasteiger partial charge in [0.15, 0.2) is 0 Å². The lowest BCUT2D eigenvalue weighted by Gasteiger charge is -2.07. The Hall–Kier alpha value is -1.63. The summed E-state index contributed by atoms with van der Waals surface area (Å²) in [4.78, 5) is 36.6. The molecule has 78 valence electrons. The SMILES string of the molecule is CCC(O)Cn1c(=O)[nH]c(=O)[nH]c1=O. The topological polar surface area (TPSA) is 108 Å². The number of hydrogen-bond donors (Lipinski definition) is 3. The van der Waals surface area contributed by atoms with E-state index in [2.05, 4.69) is 0 Å². The number of hydrogen-bond acceptors (Lipinski definition) is 4. The van der Waals surface area contributed by atoms with Crippen molar-refractivity contribution in [2.75, 3.05) is 0 Å². The zero-order chi connectivity index (χ0) is 10.7. The summed E-state index contributed by atoms with van der Waals surface area (Å²) in [7, 11) is 0. The molecule has 1 heterocycles. The molecule has 0 aliphatic heterocycles. The Morgan fingerprint density at radius 1 is 1.29 bits per heavy atom. The van der Waals surface area contributed by atoms with Gasteiger partial charge in [0, 0.05) is 0 Å². The number of aliphatic hydroxyl groups excluding tert-OH is 1. The van der Waals surface area contributed by atoms with E-state index < -0.39 is 23.2 Å². The van der Waals surface area contributed by atoms with E-state index in [0.717, 1.165) is 4.57 Å². The van der Waals surface area contributed by atoms with Crippen LogP contribution < -0.4 is 17.1 Å². The Kier molecular flexibility index (Phi) is 3.03. The van der Waals surface area contributed by atoms with Gasteiger partial charge < -0.3 is 5.11 Å². The van der Waals surface area contributed by atoms with E-state index in [1.54, 1.807) is 6.92 Å². The summed E-state index contributed by atoms with van der Waals surface area (Å²) in [6.07, 6.45) is -0.356. The van der Waals surface area contributed by atoms with Crippen molar-refractivity contribution in [3.05, 3.63) is 31.5 Å². The molecule has 0 saturated carbocycles. The minimum Gasteiger partial charge on any atom is -0.391 e. The third-order valence-electron chi connectivity index (χ3n) is 1.80. The highest BCUT2D eigenvalue weighted by Crippen LogP contribution is 1.89. The largest absolute Gasteiger partial charge is 0.391 e. The van der Waals surface area contributed by atoms with Crippen LogP contribution in [-0.2, 0) is 6.54 Å². The molecule has 1 aromatic rings. The number of nitrogens with zero attached hydrogens (tertiary/aromatic N) is 1. The van der Waals surface area contributed by atoms with E-state index >= 15 is 0 Å². The van der Waals surface area contributed by atoms with E-state index in [1.807, 2.05) is 9.97 Å². The molecule has 0 aliphatic rings. The number of aliphatic hydroxyl groups is 1. The molecule has 1 unspecified atom stereocenters. The molecule has 0 fully saturated rings. The predicted octanol–water partition coefficient (Wildman–Crippen LogP) is -2.00. The zero-order valence-corrected chi connectivity index (χ0v) is 7.61. The highest BCUT2D eigenvalue weighted by molar-refractivity contribution is 4.70. The van der Waals surface area contributed by atoms with Crippen LogP contribution in [0.15, 0.2) is 14.4 Å². The van der Waals surface area contributed by atoms with Crippen LogP contribution in [0, 0.1) is 0 Å². The molecule has 0 radical (unpaired) electrons. The minimum atomic E-state index is -0.845. The molecule has 0 aromatic carbocycles. The van der Waals surface area contributed by atoms with E-state index in [9.17, 15) is 19.5 Å². The fourth-order valence-electron chi connectivity index (χ4n) is 0.958. The average molecular weight is 201 g/mol. The van der Waals surface area contributed by atoms with Crippen molar-refractivity contribution in [1.29, 1.82) is 0 Å². The highest BCUT2D eigenvalue weighted by atomic mass is 16.3. The maximum atomic E-state index is 11.1. The third kappa shape index (κ3) is 2.19. The van der Waals surface area contributed by atoms with Gasteiger partial charge in [-0.1, -0.05) is 6.92 Å². The Bertz CT molecular complexity index is 435. The Morgan fingerprint density at radius 2 is 1.79 bits per heavy atom. The van der Waals surface area contributed by atoms with Gasteiger partial charge in [0.2, 0.25) is 0 Å². The maximum Gasteiger partial charge on any atom is 0.333 e. The molecule has 0 saturated heterocycles. The predicted molar refractivity (Wildman–Crippen MR) is 48.2 cm³/mol. The van der Waals surface area contributed by atoms with Crippen LogP contribution in [-0.4, -0.2) is 25.7 Å². The lowest BCUT2D eigenvalue weighted by molar-refractivity contribution is 0.146. The first-order valence-electron chi connectivity index (χ1n) is 4.16. The number of aromatic nitrogens is 3. The molecule has 0 spiro atoms. The molecule has 3 N–H and O–H groups in total. The molecule has 0 amide bonds. The Morgan fingerprint density at radius 3 is 2.21 bits per heavy atom. The van der Waals surface area contributed by atoms with Gasteiger partial charge >= 0.3 is 17.1 Å². The summed E-state index contributed by atoms with van der Waals surface area (Å²) in [5.74, 6) is 0. The first kappa shape index (κ1) is 10.5. The second-order valence-corrected chi connectivity index (χ2v) is 2.86. The lowest BCUT2D eigenvalue weighted by Crippen LogP contribution is -2.45. The van der Waals surface area contributed by atoms with Crippen LogP contribution in [0.25, 0.3) is 0 Å². The molecular weight excluding hydrogens is 190 g/mol. The summed E-state index contributed by atoms with van der Waals surface area (Å²) in [5, 5.41) is 9.23. The van der Waals surface area contributed by atoms with E-state index in [0.29, 0.717) is 6.42 Å². The average Bonchev–Trinajstić information content (AvgIpc) is 2.10.